The number of aliphatic hydroxyl groups excluding tert-OH is 1. The summed E-state index contributed by atoms with van der Waals surface area (Å²) in [6.45, 7) is 8.48. The van der Waals surface area contributed by atoms with Gasteiger partial charge in [-0.3, -0.25) is 4.79 Å². The van der Waals surface area contributed by atoms with Crippen LogP contribution in [0.4, 0.5) is 0 Å². The highest BCUT2D eigenvalue weighted by Crippen LogP contribution is 2.57. The Kier molecular flexibility index (Phi) is 6.46. The van der Waals surface area contributed by atoms with Crippen molar-refractivity contribution in [2.75, 3.05) is 13.7 Å². The molecular formula is C23H36O5Si. The van der Waals surface area contributed by atoms with Gasteiger partial charge in [0.05, 0.1) is 7.11 Å². The first-order chi connectivity index (χ1) is 13.6. The smallest absolute Gasteiger partial charge is 0.305 e. The number of benzene rings is 1. The Morgan fingerprint density at radius 1 is 1.34 bits per heavy atom. The Balaban J connectivity index is 1.76. The number of aliphatic hydroxyl groups is 1. The molecule has 1 fully saturated rings. The van der Waals surface area contributed by atoms with Gasteiger partial charge in [-0.2, -0.15) is 0 Å². The molecule has 5 nitrogen and oxygen atoms in total. The Hall–Kier alpha value is -1.37. The highest BCUT2D eigenvalue weighted by molar-refractivity contribution is 6.72. The van der Waals surface area contributed by atoms with Crippen molar-refractivity contribution in [2.45, 2.75) is 76.1 Å². The minimum Gasteiger partial charge on any atom is -0.489 e. The third kappa shape index (κ3) is 4.39. The molecule has 0 unspecified atom stereocenters. The normalized spacial score (nSPS) is 26.0. The van der Waals surface area contributed by atoms with Crippen molar-refractivity contribution in [1.82, 2.24) is 0 Å². The van der Waals surface area contributed by atoms with E-state index in [0.29, 0.717) is 12.3 Å². The van der Waals surface area contributed by atoms with Crippen LogP contribution < -0.4 is 4.74 Å². The number of carbonyl (C=O) groups is 1. The fourth-order valence-corrected chi connectivity index (χ4v) is 5.79. The maximum atomic E-state index is 11.4. The molecule has 1 saturated carbocycles. The zero-order valence-corrected chi connectivity index (χ0v) is 19.4. The summed E-state index contributed by atoms with van der Waals surface area (Å²) in [4.78, 5) is 22.1. The van der Waals surface area contributed by atoms with Crippen LogP contribution in [0, 0.1) is 11.8 Å². The third-order valence-corrected chi connectivity index (χ3v) is 11.0. The van der Waals surface area contributed by atoms with Gasteiger partial charge in [-0.25, -0.2) is 0 Å². The summed E-state index contributed by atoms with van der Waals surface area (Å²) in [5.41, 5.74) is 2.34. The number of ether oxygens (including phenoxy) is 2. The lowest BCUT2D eigenvalue weighted by atomic mass is 9.81. The van der Waals surface area contributed by atoms with Crippen LogP contribution in [0.15, 0.2) is 18.2 Å². The number of aryl methyl sites for hydroxylation is 1. The SMILES string of the molecule is COC(=O)CCCc1cccc2c1O[C@H]1C[C@@H](CC(C)(C)[Si](C)(C)O)[C@H](CO)[C@@H]21. The summed E-state index contributed by atoms with van der Waals surface area (Å²) >= 11 is 0. The quantitative estimate of drug-likeness (QED) is 0.491. The first kappa shape index (κ1) is 22.3. The maximum Gasteiger partial charge on any atom is 0.305 e. The van der Waals surface area contributed by atoms with Gasteiger partial charge >= 0.3 is 5.97 Å². The van der Waals surface area contributed by atoms with E-state index in [-0.39, 0.29) is 35.6 Å². The van der Waals surface area contributed by atoms with Crippen LogP contribution in [0.5, 0.6) is 5.75 Å². The standard InChI is InChI=1S/C23H36O5Si/c1-23(2,29(4,5)26)13-16-12-19-21(18(16)14-24)17-10-6-8-15(22(17)28-19)9-7-11-20(25)27-3/h6,8,10,16,18-19,21,24,26H,7,9,11-14H2,1-5H3/t16-,18-,19-,21+/m0/s1. The van der Waals surface area contributed by atoms with Gasteiger partial charge in [-0.05, 0) is 61.2 Å². The van der Waals surface area contributed by atoms with Crippen molar-refractivity contribution < 1.29 is 24.2 Å². The number of fused-ring (bicyclic) bond motifs is 3. The molecule has 0 aromatic heterocycles. The van der Waals surface area contributed by atoms with Crippen LogP contribution in [0.1, 0.15) is 56.6 Å². The van der Waals surface area contributed by atoms with E-state index in [1.165, 1.54) is 12.7 Å². The van der Waals surface area contributed by atoms with Crippen LogP contribution in [-0.4, -0.2) is 44.0 Å². The lowest BCUT2D eigenvalue weighted by molar-refractivity contribution is -0.140. The maximum absolute atomic E-state index is 11.4. The van der Waals surface area contributed by atoms with Crippen molar-refractivity contribution in [2.24, 2.45) is 11.8 Å². The van der Waals surface area contributed by atoms with E-state index in [1.54, 1.807) is 0 Å². The minimum atomic E-state index is -2.30. The molecule has 3 rings (SSSR count). The zero-order chi connectivity index (χ0) is 21.4. The van der Waals surface area contributed by atoms with Crippen LogP contribution in [0.3, 0.4) is 0 Å². The average Bonchev–Trinajstić information content (AvgIpc) is 3.16. The van der Waals surface area contributed by atoms with E-state index >= 15 is 0 Å². The molecule has 1 aromatic carbocycles. The van der Waals surface area contributed by atoms with E-state index < -0.39 is 8.32 Å². The van der Waals surface area contributed by atoms with Crippen molar-refractivity contribution in [3.05, 3.63) is 29.3 Å². The molecule has 0 spiro atoms. The second-order valence-electron chi connectivity index (χ2n) is 9.94. The van der Waals surface area contributed by atoms with E-state index in [2.05, 4.69) is 32.0 Å². The first-order valence-corrected chi connectivity index (χ1v) is 13.7. The van der Waals surface area contributed by atoms with Crippen LogP contribution in [0.2, 0.25) is 18.1 Å². The Labute approximate surface area is 175 Å². The highest BCUT2D eigenvalue weighted by Gasteiger charge is 2.52. The predicted molar refractivity (Wildman–Crippen MR) is 116 cm³/mol. The second-order valence-corrected chi connectivity index (χ2v) is 14.4. The topological polar surface area (TPSA) is 76.0 Å². The van der Waals surface area contributed by atoms with E-state index in [9.17, 15) is 14.7 Å². The lowest BCUT2D eigenvalue weighted by Crippen LogP contribution is -2.40. The van der Waals surface area contributed by atoms with E-state index in [1.807, 2.05) is 13.1 Å². The van der Waals surface area contributed by atoms with Crippen LogP contribution >= 0.6 is 0 Å². The molecule has 162 valence electrons. The Bertz CT molecular complexity index is 739. The number of esters is 1. The monoisotopic (exact) mass is 420 g/mol. The molecule has 0 amide bonds. The summed E-state index contributed by atoms with van der Waals surface area (Å²) in [7, 11) is -0.883. The number of hydrogen-bond acceptors (Lipinski definition) is 5. The zero-order valence-electron chi connectivity index (χ0n) is 18.4. The fraction of sp³-hybridized carbons (Fsp3) is 0.696. The number of rotatable bonds is 8. The second kappa shape index (κ2) is 8.40. The largest absolute Gasteiger partial charge is 0.489 e. The number of para-hydroxylation sites is 1. The molecule has 1 aliphatic carbocycles. The molecule has 0 saturated heterocycles. The Morgan fingerprint density at radius 2 is 2.07 bits per heavy atom. The van der Waals surface area contributed by atoms with Gasteiger partial charge in [-0.1, -0.05) is 32.0 Å². The summed E-state index contributed by atoms with van der Waals surface area (Å²) < 4.78 is 11.2. The van der Waals surface area contributed by atoms with E-state index in [4.69, 9.17) is 9.47 Å². The van der Waals surface area contributed by atoms with Crippen LogP contribution in [-0.2, 0) is 16.0 Å². The van der Waals surface area contributed by atoms with Crippen LogP contribution in [0.25, 0.3) is 0 Å². The first-order valence-electron chi connectivity index (χ1n) is 10.8. The van der Waals surface area contributed by atoms with Gasteiger partial charge < -0.3 is 19.4 Å². The van der Waals surface area contributed by atoms with Gasteiger partial charge in [0.2, 0.25) is 0 Å². The highest BCUT2D eigenvalue weighted by atomic mass is 28.4. The summed E-state index contributed by atoms with van der Waals surface area (Å²) in [6, 6.07) is 6.27. The molecule has 29 heavy (non-hydrogen) atoms. The van der Waals surface area contributed by atoms with Crippen molar-refractivity contribution in [3.8, 4) is 5.75 Å². The molecule has 6 heteroatoms. The number of hydrogen-bond donors (Lipinski definition) is 2. The number of methoxy groups -OCH3 is 1. The average molecular weight is 421 g/mol. The third-order valence-electron chi connectivity index (χ3n) is 7.45. The molecule has 1 heterocycles. The van der Waals surface area contributed by atoms with Gasteiger partial charge in [0.1, 0.15) is 11.9 Å². The molecular weight excluding hydrogens is 384 g/mol. The number of carbonyl (C=O) groups excluding carboxylic acids is 1. The molecule has 1 aliphatic heterocycles. The molecule has 2 N–H and O–H groups in total. The molecule has 4 atom stereocenters. The van der Waals surface area contributed by atoms with Crippen molar-refractivity contribution in [1.29, 1.82) is 0 Å². The molecule has 1 aromatic rings. The Morgan fingerprint density at radius 3 is 2.69 bits per heavy atom. The van der Waals surface area contributed by atoms with Crippen molar-refractivity contribution in [3.63, 3.8) is 0 Å². The van der Waals surface area contributed by atoms with Gasteiger partial charge in [0.15, 0.2) is 8.32 Å². The summed E-state index contributed by atoms with van der Waals surface area (Å²) in [5, 5.41) is 10.1. The minimum absolute atomic E-state index is 0.0909. The molecule has 0 radical (unpaired) electrons. The van der Waals surface area contributed by atoms with Crippen molar-refractivity contribution >= 4 is 14.3 Å². The van der Waals surface area contributed by atoms with Gasteiger partial charge in [-0.15, -0.1) is 0 Å². The van der Waals surface area contributed by atoms with Gasteiger partial charge in [0.25, 0.3) is 0 Å². The summed E-state index contributed by atoms with van der Waals surface area (Å²) in [5.74, 6) is 1.49. The van der Waals surface area contributed by atoms with E-state index in [0.717, 1.165) is 37.0 Å². The molecule has 0 bridgehead atoms. The fourth-order valence-electron chi connectivity index (χ4n) is 5.03. The lowest BCUT2D eigenvalue weighted by Gasteiger charge is -2.38. The van der Waals surface area contributed by atoms with Gasteiger partial charge in [0, 0.05) is 24.5 Å². The predicted octanol–water partition coefficient (Wildman–Crippen LogP) is 4.02. The molecule has 2 aliphatic rings. The summed E-state index contributed by atoms with van der Waals surface area (Å²) in [6.07, 6.45) is 3.84.